The number of aliphatic hydroxyl groups is 1. The third-order valence-corrected chi connectivity index (χ3v) is 5.35. The van der Waals surface area contributed by atoms with E-state index in [2.05, 4.69) is 21.7 Å². The molecule has 0 aromatic heterocycles. The fourth-order valence-corrected chi connectivity index (χ4v) is 3.79. The van der Waals surface area contributed by atoms with Crippen molar-refractivity contribution in [3.8, 4) is 0 Å². The summed E-state index contributed by atoms with van der Waals surface area (Å²) in [5.74, 6) is 0. The molecule has 22 heavy (non-hydrogen) atoms. The molecular weight excluding hydrogens is 278 g/mol. The van der Waals surface area contributed by atoms with Crippen LogP contribution < -0.4 is 5.32 Å². The molecular formula is C17H31N3O2. The van der Waals surface area contributed by atoms with Crippen LogP contribution in [0.1, 0.15) is 32.1 Å². The van der Waals surface area contributed by atoms with E-state index < -0.39 is 0 Å². The van der Waals surface area contributed by atoms with Crippen LogP contribution >= 0.6 is 0 Å². The Balaban J connectivity index is 1.32. The summed E-state index contributed by atoms with van der Waals surface area (Å²) in [5.41, 5.74) is 1.25. The summed E-state index contributed by atoms with van der Waals surface area (Å²) in [6.07, 6.45) is 5.53. The Morgan fingerprint density at radius 3 is 2.50 bits per heavy atom. The van der Waals surface area contributed by atoms with Crippen LogP contribution in [0.5, 0.6) is 0 Å². The van der Waals surface area contributed by atoms with Gasteiger partial charge in [-0.1, -0.05) is 6.58 Å². The van der Waals surface area contributed by atoms with E-state index in [1.807, 2.05) is 0 Å². The van der Waals surface area contributed by atoms with Crippen molar-refractivity contribution >= 4 is 0 Å². The van der Waals surface area contributed by atoms with Crippen LogP contribution in [-0.2, 0) is 4.74 Å². The summed E-state index contributed by atoms with van der Waals surface area (Å²) < 4.78 is 5.61. The van der Waals surface area contributed by atoms with Gasteiger partial charge in [-0.15, -0.1) is 0 Å². The Bertz CT molecular complexity index is 363. The predicted octanol–water partition coefficient (Wildman–Crippen LogP) is 0.800. The van der Waals surface area contributed by atoms with Gasteiger partial charge in [0.15, 0.2) is 0 Å². The zero-order chi connectivity index (χ0) is 15.4. The summed E-state index contributed by atoms with van der Waals surface area (Å²) in [6.45, 7) is 11.3. The molecule has 0 bridgehead atoms. The molecule has 3 heterocycles. The lowest BCUT2D eigenvalue weighted by atomic mass is 10.0. The van der Waals surface area contributed by atoms with E-state index in [-0.39, 0.29) is 12.2 Å². The van der Waals surface area contributed by atoms with E-state index in [1.54, 1.807) is 0 Å². The molecule has 0 radical (unpaired) electrons. The molecule has 3 aliphatic heterocycles. The number of likely N-dealkylation sites (tertiary alicyclic amines) is 2. The van der Waals surface area contributed by atoms with Crippen molar-refractivity contribution in [2.75, 3.05) is 45.9 Å². The van der Waals surface area contributed by atoms with E-state index in [0.717, 1.165) is 32.6 Å². The van der Waals surface area contributed by atoms with Crippen molar-refractivity contribution in [2.24, 2.45) is 0 Å². The first-order chi connectivity index (χ1) is 10.7. The molecule has 0 amide bonds. The van der Waals surface area contributed by atoms with Crippen molar-refractivity contribution in [1.29, 1.82) is 0 Å². The molecule has 3 fully saturated rings. The molecule has 0 spiro atoms. The lowest BCUT2D eigenvalue weighted by Gasteiger charge is -2.34. The number of ether oxygens (including phenoxy) is 1. The molecule has 5 nitrogen and oxygen atoms in total. The maximum atomic E-state index is 9.84. The molecule has 0 saturated carbocycles. The van der Waals surface area contributed by atoms with Crippen LogP contribution in [-0.4, -0.2) is 79.0 Å². The average Bonchev–Trinajstić information content (AvgIpc) is 3.19. The van der Waals surface area contributed by atoms with Gasteiger partial charge in [-0.3, -0.25) is 0 Å². The summed E-state index contributed by atoms with van der Waals surface area (Å²) in [4.78, 5) is 4.85. The normalized spacial score (nSPS) is 31.0. The quantitative estimate of drug-likeness (QED) is 0.760. The van der Waals surface area contributed by atoms with Gasteiger partial charge in [0.05, 0.1) is 12.2 Å². The topological polar surface area (TPSA) is 48.0 Å². The van der Waals surface area contributed by atoms with Crippen LogP contribution in [0.15, 0.2) is 12.3 Å². The summed E-state index contributed by atoms with van der Waals surface area (Å²) >= 11 is 0. The van der Waals surface area contributed by atoms with Gasteiger partial charge in [0.25, 0.3) is 0 Å². The standard InChI is InChI=1S/C17H31N3O2/c1-14(20-7-2-3-8-20)12-18-15-4-9-19(10-5-15)13-17-16(21)6-11-22-17/h15-18,21H,1-13H2. The second-order valence-electron chi connectivity index (χ2n) is 6.98. The van der Waals surface area contributed by atoms with Gasteiger partial charge in [-0.25, -0.2) is 0 Å². The van der Waals surface area contributed by atoms with E-state index in [9.17, 15) is 5.11 Å². The van der Waals surface area contributed by atoms with Gasteiger partial charge in [0.1, 0.15) is 0 Å². The number of aliphatic hydroxyl groups excluding tert-OH is 1. The fourth-order valence-electron chi connectivity index (χ4n) is 3.79. The van der Waals surface area contributed by atoms with Crippen molar-refractivity contribution in [3.63, 3.8) is 0 Å². The van der Waals surface area contributed by atoms with Crippen molar-refractivity contribution < 1.29 is 9.84 Å². The highest BCUT2D eigenvalue weighted by atomic mass is 16.5. The van der Waals surface area contributed by atoms with Crippen molar-refractivity contribution in [3.05, 3.63) is 12.3 Å². The number of piperidine rings is 1. The highest BCUT2D eigenvalue weighted by Gasteiger charge is 2.29. The Morgan fingerprint density at radius 1 is 1.14 bits per heavy atom. The van der Waals surface area contributed by atoms with Gasteiger partial charge < -0.3 is 25.0 Å². The molecule has 3 rings (SSSR count). The van der Waals surface area contributed by atoms with E-state index in [4.69, 9.17) is 4.74 Å². The molecule has 0 aliphatic carbocycles. The molecule has 2 atom stereocenters. The van der Waals surface area contributed by atoms with E-state index >= 15 is 0 Å². The first-order valence-electron chi connectivity index (χ1n) is 8.90. The van der Waals surface area contributed by atoms with Gasteiger partial charge in [-0.05, 0) is 45.2 Å². The van der Waals surface area contributed by atoms with Crippen molar-refractivity contribution in [1.82, 2.24) is 15.1 Å². The minimum Gasteiger partial charge on any atom is -0.390 e. The molecule has 126 valence electrons. The Hall–Kier alpha value is -0.620. The number of nitrogens with zero attached hydrogens (tertiary/aromatic N) is 2. The summed E-state index contributed by atoms with van der Waals surface area (Å²) in [6, 6.07) is 0.602. The molecule has 2 N–H and O–H groups in total. The van der Waals surface area contributed by atoms with Crippen LogP contribution in [0.3, 0.4) is 0 Å². The second-order valence-corrected chi connectivity index (χ2v) is 6.98. The number of nitrogens with one attached hydrogen (secondary N) is 1. The van der Waals surface area contributed by atoms with Gasteiger partial charge in [0.2, 0.25) is 0 Å². The maximum Gasteiger partial charge on any atom is 0.0961 e. The molecule has 3 aliphatic rings. The third kappa shape index (κ3) is 4.22. The second kappa shape index (κ2) is 7.77. The van der Waals surface area contributed by atoms with Crippen LogP contribution in [0, 0.1) is 0 Å². The first-order valence-corrected chi connectivity index (χ1v) is 8.90. The zero-order valence-corrected chi connectivity index (χ0v) is 13.7. The highest BCUT2D eigenvalue weighted by molar-refractivity contribution is 4.99. The predicted molar refractivity (Wildman–Crippen MR) is 87.8 cm³/mol. The van der Waals surface area contributed by atoms with E-state index in [0.29, 0.717) is 12.6 Å². The van der Waals surface area contributed by atoms with Crippen LogP contribution in [0.2, 0.25) is 0 Å². The highest BCUT2D eigenvalue weighted by Crippen LogP contribution is 2.18. The average molecular weight is 309 g/mol. The minimum absolute atomic E-state index is 0.0273. The monoisotopic (exact) mass is 309 g/mol. The number of rotatable bonds is 6. The lowest BCUT2D eigenvalue weighted by molar-refractivity contribution is 0.0109. The number of hydrogen-bond acceptors (Lipinski definition) is 5. The molecule has 2 unspecified atom stereocenters. The Kier molecular flexibility index (Phi) is 5.74. The van der Waals surface area contributed by atoms with Gasteiger partial charge >= 0.3 is 0 Å². The van der Waals surface area contributed by atoms with Crippen molar-refractivity contribution in [2.45, 2.75) is 50.4 Å². The van der Waals surface area contributed by atoms with Crippen LogP contribution in [0.4, 0.5) is 0 Å². The Labute approximate surface area is 134 Å². The van der Waals surface area contributed by atoms with E-state index in [1.165, 1.54) is 44.5 Å². The Morgan fingerprint density at radius 2 is 1.86 bits per heavy atom. The maximum absolute atomic E-state index is 9.84. The first kappa shape index (κ1) is 16.2. The van der Waals surface area contributed by atoms with Crippen LogP contribution in [0.25, 0.3) is 0 Å². The lowest BCUT2D eigenvalue weighted by Crippen LogP contribution is -2.47. The summed E-state index contributed by atoms with van der Waals surface area (Å²) in [5, 5.41) is 13.5. The molecule has 3 saturated heterocycles. The number of hydrogen-bond donors (Lipinski definition) is 2. The SMILES string of the molecule is C=C(CNC1CCN(CC2OCCC2O)CC1)N1CCCC1. The van der Waals surface area contributed by atoms with Gasteiger partial charge in [-0.2, -0.15) is 0 Å². The fraction of sp³-hybridized carbons (Fsp3) is 0.882. The zero-order valence-electron chi connectivity index (χ0n) is 13.7. The molecule has 5 heteroatoms. The summed E-state index contributed by atoms with van der Waals surface area (Å²) in [7, 11) is 0. The smallest absolute Gasteiger partial charge is 0.0961 e. The largest absolute Gasteiger partial charge is 0.390 e. The van der Waals surface area contributed by atoms with Gasteiger partial charge in [0, 0.05) is 44.5 Å². The third-order valence-electron chi connectivity index (χ3n) is 5.35. The molecule has 0 aromatic carbocycles. The molecule has 0 aromatic rings. The minimum atomic E-state index is -0.264.